The Kier molecular flexibility index (Phi) is 6.40. The van der Waals surface area contributed by atoms with E-state index in [2.05, 4.69) is 50.0 Å². The van der Waals surface area contributed by atoms with Crippen LogP contribution >= 0.6 is 25.3 Å². The molecule has 1 N–H and O–H groups in total. The van der Waals surface area contributed by atoms with E-state index >= 15 is 0 Å². The minimum Gasteiger partial charge on any atom is -0.478 e. The van der Waals surface area contributed by atoms with Gasteiger partial charge in [0.25, 0.3) is 0 Å². The standard InChI is InChI=1S/C27H24O2S2/c1-17(27(28)29)20(26-22-10-5-3-8-19(22)14-16-25(26)31)11-6-12-23-21-9-4-2-7-18(21)13-15-24(23)30/h2-5,7-10,13-16,20,30-31H,1,6,11-12H2,(H,28,29). The van der Waals surface area contributed by atoms with Crippen LogP contribution in [-0.2, 0) is 11.2 Å². The lowest BCUT2D eigenvalue weighted by atomic mass is 9.84. The van der Waals surface area contributed by atoms with Crippen molar-refractivity contribution < 1.29 is 9.90 Å². The van der Waals surface area contributed by atoms with Gasteiger partial charge in [-0.2, -0.15) is 0 Å². The number of fused-ring (bicyclic) bond motifs is 2. The lowest BCUT2D eigenvalue weighted by molar-refractivity contribution is -0.133. The molecule has 0 aliphatic heterocycles. The molecule has 0 aromatic heterocycles. The molecule has 0 aliphatic rings. The van der Waals surface area contributed by atoms with Crippen LogP contribution in [-0.4, -0.2) is 11.1 Å². The molecule has 4 aromatic carbocycles. The number of carboxylic acid groups (broad SMARTS) is 1. The second kappa shape index (κ2) is 9.21. The van der Waals surface area contributed by atoms with Gasteiger partial charge in [0.1, 0.15) is 0 Å². The first kappa shape index (κ1) is 21.5. The van der Waals surface area contributed by atoms with Gasteiger partial charge in [-0.15, -0.1) is 25.3 Å². The maximum atomic E-state index is 11.9. The minimum absolute atomic E-state index is 0.204. The van der Waals surface area contributed by atoms with E-state index < -0.39 is 5.97 Å². The minimum atomic E-state index is -0.967. The predicted octanol–water partition coefficient (Wildman–Crippen LogP) is 7.32. The van der Waals surface area contributed by atoms with Gasteiger partial charge in [0.15, 0.2) is 0 Å². The molecule has 0 saturated carbocycles. The summed E-state index contributed by atoms with van der Waals surface area (Å²) in [6.07, 6.45) is 2.30. The first-order chi connectivity index (χ1) is 15.0. The monoisotopic (exact) mass is 444 g/mol. The number of thiol groups is 2. The Balaban J connectivity index is 1.68. The van der Waals surface area contributed by atoms with Gasteiger partial charge in [-0.05, 0) is 64.1 Å². The van der Waals surface area contributed by atoms with Crippen LogP contribution in [0.15, 0.2) is 94.7 Å². The number of hydrogen-bond donors (Lipinski definition) is 3. The number of aliphatic carboxylic acids is 1. The van der Waals surface area contributed by atoms with E-state index in [0.717, 1.165) is 39.0 Å². The van der Waals surface area contributed by atoms with Crippen LogP contribution in [0.5, 0.6) is 0 Å². The molecule has 4 aromatic rings. The lowest BCUT2D eigenvalue weighted by Gasteiger charge is -2.22. The van der Waals surface area contributed by atoms with E-state index in [4.69, 9.17) is 0 Å². The smallest absolute Gasteiger partial charge is 0.331 e. The third-order valence-corrected chi connectivity index (χ3v) is 6.74. The fourth-order valence-electron chi connectivity index (χ4n) is 4.36. The zero-order valence-corrected chi connectivity index (χ0v) is 18.9. The van der Waals surface area contributed by atoms with Crippen molar-refractivity contribution in [1.82, 2.24) is 0 Å². The van der Waals surface area contributed by atoms with Crippen molar-refractivity contribution in [3.05, 3.63) is 96.1 Å². The van der Waals surface area contributed by atoms with Gasteiger partial charge < -0.3 is 5.11 Å². The summed E-state index contributed by atoms with van der Waals surface area (Å²) in [6, 6.07) is 24.4. The second-order valence-corrected chi connectivity index (χ2v) is 8.74. The van der Waals surface area contributed by atoms with Crippen molar-refractivity contribution in [2.24, 2.45) is 0 Å². The highest BCUT2D eigenvalue weighted by molar-refractivity contribution is 7.80. The molecule has 0 heterocycles. The van der Waals surface area contributed by atoms with Gasteiger partial charge in [0.05, 0.1) is 0 Å². The highest BCUT2D eigenvalue weighted by Gasteiger charge is 2.24. The molecule has 0 saturated heterocycles. The summed E-state index contributed by atoms with van der Waals surface area (Å²) in [7, 11) is 0. The second-order valence-electron chi connectivity index (χ2n) is 7.78. The molecule has 0 amide bonds. The Hall–Kier alpha value is -2.69. The molecule has 0 radical (unpaired) electrons. The molecule has 1 atom stereocenters. The topological polar surface area (TPSA) is 37.3 Å². The molecule has 0 aliphatic carbocycles. The Morgan fingerprint density at radius 3 is 2.10 bits per heavy atom. The molecule has 0 bridgehead atoms. The summed E-state index contributed by atoms with van der Waals surface area (Å²) in [4.78, 5) is 13.6. The number of carbonyl (C=O) groups is 1. The van der Waals surface area contributed by atoms with Gasteiger partial charge >= 0.3 is 5.97 Å². The van der Waals surface area contributed by atoms with E-state index in [1.165, 1.54) is 16.3 Å². The van der Waals surface area contributed by atoms with Gasteiger partial charge in [-0.1, -0.05) is 67.2 Å². The van der Waals surface area contributed by atoms with Crippen molar-refractivity contribution in [1.29, 1.82) is 0 Å². The highest BCUT2D eigenvalue weighted by Crippen LogP contribution is 2.38. The number of carboxylic acids is 1. The molecule has 0 spiro atoms. The summed E-state index contributed by atoms with van der Waals surface area (Å²) in [5.41, 5.74) is 2.35. The Morgan fingerprint density at radius 2 is 1.42 bits per heavy atom. The molecular formula is C27H24O2S2. The van der Waals surface area contributed by atoms with E-state index in [-0.39, 0.29) is 11.5 Å². The van der Waals surface area contributed by atoms with Crippen LogP contribution in [0.4, 0.5) is 0 Å². The maximum Gasteiger partial charge on any atom is 0.331 e. The van der Waals surface area contributed by atoms with Gasteiger partial charge in [0.2, 0.25) is 0 Å². The number of hydrogen-bond acceptors (Lipinski definition) is 3. The normalized spacial score (nSPS) is 12.2. The van der Waals surface area contributed by atoms with Crippen molar-refractivity contribution in [3.63, 3.8) is 0 Å². The van der Waals surface area contributed by atoms with Crippen molar-refractivity contribution in [2.45, 2.75) is 35.0 Å². The van der Waals surface area contributed by atoms with E-state index in [1.54, 1.807) is 0 Å². The zero-order chi connectivity index (χ0) is 22.0. The van der Waals surface area contributed by atoms with Crippen molar-refractivity contribution in [3.8, 4) is 0 Å². The Bertz CT molecular complexity index is 1290. The number of aryl methyl sites for hydroxylation is 1. The summed E-state index contributed by atoms with van der Waals surface area (Å²) >= 11 is 9.37. The average Bonchev–Trinajstić information content (AvgIpc) is 2.78. The van der Waals surface area contributed by atoms with Gasteiger partial charge in [0, 0.05) is 21.3 Å². The fraction of sp³-hybridized carbons (Fsp3) is 0.148. The van der Waals surface area contributed by atoms with Crippen LogP contribution < -0.4 is 0 Å². The third kappa shape index (κ3) is 4.36. The molecule has 0 fully saturated rings. The molecule has 1 unspecified atom stereocenters. The van der Waals surface area contributed by atoms with Gasteiger partial charge in [-0.3, -0.25) is 0 Å². The van der Waals surface area contributed by atoms with E-state index in [0.29, 0.717) is 6.42 Å². The summed E-state index contributed by atoms with van der Waals surface area (Å²) in [5.74, 6) is -1.28. The predicted molar refractivity (Wildman–Crippen MR) is 135 cm³/mol. The zero-order valence-electron chi connectivity index (χ0n) is 17.1. The lowest BCUT2D eigenvalue weighted by Crippen LogP contribution is -2.12. The van der Waals surface area contributed by atoms with Crippen molar-refractivity contribution >= 4 is 52.8 Å². The van der Waals surface area contributed by atoms with E-state index in [1.807, 2.05) is 54.6 Å². The van der Waals surface area contributed by atoms with Gasteiger partial charge in [-0.25, -0.2) is 4.79 Å². The largest absolute Gasteiger partial charge is 0.478 e. The van der Waals surface area contributed by atoms with Crippen LogP contribution in [0.1, 0.15) is 29.9 Å². The molecule has 156 valence electrons. The molecular weight excluding hydrogens is 420 g/mol. The van der Waals surface area contributed by atoms with E-state index in [9.17, 15) is 9.90 Å². The fourth-order valence-corrected chi connectivity index (χ4v) is 5.02. The first-order valence-electron chi connectivity index (χ1n) is 10.3. The Morgan fingerprint density at radius 1 is 0.839 bits per heavy atom. The molecule has 31 heavy (non-hydrogen) atoms. The van der Waals surface area contributed by atoms with Crippen LogP contribution in [0.2, 0.25) is 0 Å². The summed E-state index contributed by atoms with van der Waals surface area (Å²) < 4.78 is 0. The third-order valence-electron chi connectivity index (χ3n) is 5.93. The average molecular weight is 445 g/mol. The number of rotatable bonds is 7. The highest BCUT2D eigenvalue weighted by atomic mass is 32.1. The Labute approximate surface area is 193 Å². The molecule has 4 rings (SSSR count). The van der Waals surface area contributed by atoms with Crippen molar-refractivity contribution in [2.75, 3.05) is 0 Å². The van der Waals surface area contributed by atoms with Crippen LogP contribution in [0.3, 0.4) is 0 Å². The summed E-state index contributed by atoms with van der Waals surface area (Å²) in [6.45, 7) is 3.92. The quantitative estimate of drug-likeness (QED) is 0.206. The number of benzene rings is 4. The summed E-state index contributed by atoms with van der Waals surface area (Å²) in [5, 5.41) is 14.2. The SMILES string of the molecule is C=C(C(=O)O)C(CCCc1c(S)ccc2ccccc12)c1c(S)ccc2ccccc12. The van der Waals surface area contributed by atoms with Crippen LogP contribution in [0.25, 0.3) is 21.5 Å². The van der Waals surface area contributed by atoms with Crippen LogP contribution in [0, 0.1) is 0 Å². The molecule has 4 heteroatoms. The first-order valence-corrected chi connectivity index (χ1v) is 11.2. The maximum absolute atomic E-state index is 11.9. The molecule has 2 nitrogen and oxygen atoms in total.